The van der Waals surface area contributed by atoms with Crippen LogP contribution in [0.5, 0.6) is 11.5 Å². The van der Waals surface area contributed by atoms with Gasteiger partial charge >= 0.3 is 11.9 Å². The molecule has 0 radical (unpaired) electrons. The lowest BCUT2D eigenvalue weighted by Crippen LogP contribution is -2.46. The van der Waals surface area contributed by atoms with Gasteiger partial charge in [-0.3, -0.25) is 14.4 Å². The topological polar surface area (TPSA) is 276 Å². The normalized spacial score (nSPS) is 25.8. The number of aromatic nitrogens is 2. The maximum Gasteiger partial charge on any atom is 0.334 e. The van der Waals surface area contributed by atoms with E-state index in [1.54, 1.807) is 18.2 Å². The van der Waals surface area contributed by atoms with Crippen LogP contribution in [0.2, 0.25) is 0 Å². The monoisotopic (exact) mass is 1170 g/mol. The minimum absolute atomic E-state index is 0.0300. The summed E-state index contributed by atoms with van der Waals surface area (Å²) >= 11 is 0. The number of hydrogen-bond acceptors (Lipinski definition) is 18. The molecule has 23 heteroatoms. The minimum Gasteiger partial charge on any atom is -0.473 e. The summed E-state index contributed by atoms with van der Waals surface area (Å²) in [5.74, 6) is -2.48. The molecule has 7 aliphatic heterocycles. The van der Waals surface area contributed by atoms with Crippen LogP contribution in [-0.2, 0) is 57.1 Å². The molecule has 0 aliphatic carbocycles. The van der Waals surface area contributed by atoms with E-state index in [0.717, 1.165) is 23.8 Å². The van der Waals surface area contributed by atoms with Crippen LogP contribution in [0.3, 0.4) is 0 Å². The smallest absolute Gasteiger partial charge is 0.334 e. The summed E-state index contributed by atoms with van der Waals surface area (Å²) in [6, 6.07) is 16.5. The zero-order valence-electron chi connectivity index (χ0n) is 48.3. The molecule has 0 fully saturated rings. The van der Waals surface area contributed by atoms with Crippen LogP contribution in [0.4, 0.5) is 20.2 Å². The largest absolute Gasteiger partial charge is 0.473 e. The number of ether oxygens (including phenoxy) is 5. The molecule has 13 rings (SSSR count). The van der Waals surface area contributed by atoms with Crippen molar-refractivity contribution >= 4 is 46.9 Å². The van der Waals surface area contributed by atoms with Crippen molar-refractivity contribution in [1.29, 1.82) is 0 Å². The van der Waals surface area contributed by atoms with Gasteiger partial charge in [0.2, 0.25) is 29.5 Å². The number of aliphatic hydroxyl groups is 1. The fourth-order valence-corrected chi connectivity index (χ4v) is 12.6. The van der Waals surface area contributed by atoms with E-state index in [-0.39, 0.29) is 59.2 Å². The number of benzene rings is 4. The third-order valence-electron chi connectivity index (χ3n) is 16.9. The van der Waals surface area contributed by atoms with Crippen molar-refractivity contribution in [2.45, 2.75) is 116 Å². The number of aliphatic hydroxyl groups excluding tert-OH is 1. The number of oxazole rings is 2. The summed E-state index contributed by atoms with van der Waals surface area (Å²) in [5.41, 5.74) is 1.79. The van der Waals surface area contributed by atoms with Crippen LogP contribution in [0, 0.1) is 34.3 Å². The van der Waals surface area contributed by atoms with Crippen LogP contribution < -0.4 is 36.1 Å². The second-order valence-electron chi connectivity index (χ2n) is 24.7. The standard InChI is InChI=1S/C31H33FN4O7.C31H31FN4O6/c1-14-10-15-6-9-21-18(11-15)31(17-12-16(32)7-8-19(17)34-29(31)42-21)24-22(26(39)33-20(13-37)28(40)41-5)35-27(43-24)23(30(2,3)4)36-25(14)38;1-14-10-15-6-9-21-18(11-15)31(17-12-16(32)7-8-19(17)34-29(31)41-21)24-22(26-33-20(13-40-26)28(38)39-5)35-27(42-24)23(30(2,3)4)36-25(14)37/h6-9,11-12,14,20,23,29,34,37H,10,13H2,1-5H3,(H,33,39)(H,36,38);6-9,11-12,14,20,23,29,34H,10,13H2,1-5H3,(H,36,37)/t14-,20-,23+,29+,31-;14-,20?,23+,29+,31-/m00/s1. The van der Waals surface area contributed by atoms with Gasteiger partial charge in [0.25, 0.3) is 5.91 Å². The molecule has 2 spiro atoms. The van der Waals surface area contributed by atoms with Gasteiger partial charge in [-0.05, 0) is 83.3 Å². The number of esters is 2. The first-order valence-electron chi connectivity index (χ1n) is 28.0. The predicted molar refractivity (Wildman–Crippen MR) is 300 cm³/mol. The molecule has 2 aromatic heterocycles. The Balaban J connectivity index is 0.000000167. The number of hydrogen-bond donors (Lipinski definition) is 6. The lowest BCUT2D eigenvalue weighted by molar-refractivity contribution is -0.144. The van der Waals surface area contributed by atoms with Crippen LogP contribution in [-0.4, -0.2) is 103 Å². The van der Waals surface area contributed by atoms with E-state index in [1.807, 2.05) is 85.7 Å². The van der Waals surface area contributed by atoms with Crippen LogP contribution >= 0.6 is 0 Å². The van der Waals surface area contributed by atoms with Crippen molar-refractivity contribution < 1.29 is 70.4 Å². The molecule has 1 unspecified atom stereocenters. The van der Waals surface area contributed by atoms with Gasteiger partial charge in [-0.1, -0.05) is 79.7 Å². The average molecular weight is 1170 g/mol. The number of rotatable bonds is 6. The Bertz CT molecular complexity index is 3810. The number of nitrogens with zero attached hydrogens (tertiary/aromatic N) is 3. The summed E-state index contributed by atoms with van der Waals surface area (Å²) < 4.78 is 71.7. The van der Waals surface area contributed by atoms with Crippen molar-refractivity contribution in [3.63, 3.8) is 0 Å². The van der Waals surface area contributed by atoms with Crippen molar-refractivity contribution in [2.24, 2.45) is 27.7 Å². The van der Waals surface area contributed by atoms with E-state index in [1.165, 1.54) is 31.4 Å². The molecule has 0 saturated heterocycles. The number of halogens is 2. The highest BCUT2D eigenvalue weighted by Gasteiger charge is 2.63. The van der Waals surface area contributed by atoms with Crippen molar-refractivity contribution in [3.05, 3.63) is 153 Å². The third kappa shape index (κ3) is 9.10. The zero-order valence-corrected chi connectivity index (χ0v) is 48.3. The summed E-state index contributed by atoms with van der Waals surface area (Å²) in [6.45, 7) is 14.6. The van der Waals surface area contributed by atoms with Gasteiger partial charge in [0.05, 0.1) is 20.8 Å². The van der Waals surface area contributed by atoms with Gasteiger partial charge < -0.3 is 64.2 Å². The Labute approximate surface area is 487 Å². The molecule has 4 aromatic carbocycles. The van der Waals surface area contributed by atoms with Crippen LogP contribution in [0.25, 0.3) is 0 Å². The SMILES string of the molecule is COC(=O)C1COC(c2nc3oc2[C@@]24c5cc(F)ccc5N[C@@H]2Oc2ccc(cc24)C[C@H](C)C(=O)N[C@H]3C(C)(C)C)=N1.COC(=O)[C@H](CO)NC(=O)c1nc2oc1[C@@]13c4cc(F)ccc4N[C@@H]1Oc1ccc(cc13)C[C@H](C)C(=O)N[C@H]2C(C)(C)C. The molecule has 7 aliphatic rings. The van der Waals surface area contributed by atoms with E-state index in [9.17, 15) is 37.9 Å². The van der Waals surface area contributed by atoms with Gasteiger partial charge in [-0.25, -0.2) is 33.3 Å². The van der Waals surface area contributed by atoms with Crippen molar-refractivity contribution in [2.75, 3.05) is 38.1 Å². The first-order valence-corrected chi connectivity index (χ1v) is 28.0. The number of amides is 3. The highest BCUT2D eigenvalue weighted by molar-refractivity contribution is 5.99. The Hall–Kier alpha value is -8.86. The van der Waals surface area contributed by atoms with Gasteiger partial charge in [-0.15, -0.1) is 0 Å². The first kappa shape index (κ1) is 56.6. The van der Waals surface area contributed by atoms with E-state index in [0.29, 0.717) is 58.2 Å². The molecule has 6 aromatic rings. The van der Waals surface area contributed by atoms with Gasteiger partial charge in [0, 0.05) is 45.5 Å². The molecular weight excluding hydrogens is 1100 g/mol. The number of methoxy groups -OCH3 is 2. The van der Waals surface area contributed by atoms with E-state index in [2.05, 4.69) is 36.6 Å². The zero-order chi connectivity index (χ0) is 60.4. The maximum absolute atomic E-state index is 15.0. The highest BCUT2D eigenvalue weighted by Crippen LogP contribution is 2.61. The molecule has 21 nitrogen and oxygen atoms in total. The summed E-state index contributed by atoms with van der Waals surface area (Å²) in [7, 11) is 2.43. The molecule has 444 valence electrons. The number of anilines is 2. The minimum atomic E-state index is -1.38. The second-order valence-corrected chi connectivity index (χ2v) is 24.7. The fraction of sp³-hybridized carbons (Fsp3) is 0.419. The Morgan fingerprint density at radius 1 is 0.694 bits per heavy atom. The summed E-state index contributed by atoms with van der Waals surface area (Å²) in [5, 5.41) is 25.3. The fourth-order valence-electron chi connectivity index (χ4n) is 12.6. The first-order chi connectivity index (χ1) is 40.4. The Morgan fingerprint density at radius 2 is 1.20 bits per heavy atom. The molecule has 6 N–H and O–H groups in total. The number of carbonyl (C=O) groups is 5. The molecule has 8 bridgehead atoms. The Morgan fingerprint density at radius 3 is 1.69 bits per heavy atom. The predicted octanol–water partition coefficient (Wildman–Crippen LogP) is 6.96. The molecule has 0 saturated carbocycles. The molecule has 9 heterocycles. The number of carbonyl (C=O) groups excluding carboxylic acids is 5. The highest BCUT2D eigenvalue weighted by atomic mass is 19.1. The van der Waals surface area contributed by atoms with Gasteiger partial charge in [0.15, 0.2) is 47.4 Å². The lowest BCUT2D eigenvalue weighted by atomic mass is 9.72. The quantitative estimate of drug-likeness (QED) is 0.0920. The molecule has 3 amide bonds. The van der Waals surface area contributed by atoms with E-state index in [4.69, 9.17) is 37.5 Å². The van der Waals surface area contributed by atoms with Crippen molar-refractivity contribution in [1.82, 2.24) is 25.9 Å². The molecule has 85 heavy (non-hydrogen) atoms. The number of aliphatic imine (C=N–C) groups is 1. The van der Waals surface area contributed by atoms with Crippen LogP contribution in [0.15, 0.2) is 86.6 Å². The van der Waals surface area contributed by atoms with Crippen molar-refractivity contribution in [3.8, 4) is 11.5 Å². The molecular formula is C62H64F2N8O13. The van der Waals surface area contributed by atoms with Crippen LogP contribution in [0.1, 0.15) is 140 Å². The lowest BCUT2D eigenvalue weighted by Gasteiger charge is -2.31. The summed E-state index contributed by atoms with van der Waals surface area (Å²) in [6.07, 6.45) is -0.660. The maximum atomic E-state index is 15.0. The Kier molecular flexibility index (Phi) is 13.6. The van der Waals surface area contributed by atoms with Gasteiger partial charge in [-0.2, -0.15) is 0 Å². The number of nitrogens with one attached hydrogen (secondary N) is 5. The average Bonchev–Trinajstić information content (AvgIpc) is 1.90. The molecule has 10 atom stereocenters. The third-order valence-corrected chi connectivity index (χ3v) is 16.9. The van der Waals surface area contributed by atoms with E-state index < -0.39 is 100 Å². The number of fused-ring (bicyclic) bond motifs is 8. The summed E-state index contributed by atoms with van der Waals surface area (Å²) in [4.78, 5) is 79.5. The van der Waals surface area contributed by atoms with Gasteiger partial charge in [0.1, 0.15) is 52.7 Å². The second kappa shape index (κ2) is 20.4. The van der Waals surface area contributed by atoms with E-state index >= 15 is 0 Å².